The second-order valence-electron chi connectivity index (χ2n) is 6.11. The summed E-state index contributed by atoms with van der Waals surface area (Å²) in [5.74, 6) is 0.618. The number of aryl methyl sites for hydroxylation is 1. The van der Waals surface area contributed by atoms with Gasteiger partial charge in [-0.25, -0.2) is 4.98 Å². The number of H-pyrrole nitrogens is 1. The van der Waals surface area contributed by atoms with Crippen molar-refractivity contribution >= 4 is 28.5 Å². The lowest BCUT2D eigenvalue weighted by atomic mass is 10.1. The number of hydrogen-bond donors (Lipinski definition) is 2. The number of nitrogens with one attached hydrogen (secondary N) is 2. The fourth-order valence-electron chi connectivity index (χ4n) is 3.16. The van der Waals surface area contributed by atoms with Crippen LogP contribution < -0.4 is 5.32 Å². The van der Waals surface area contributed by atoms with Gasteiger partial charge >= 0.3 is 0 Å². The number of imidazole rings is 1. The van der Waals surface area contributed by atoms with Crippen molar-refractivity contribution in [2.45, 2.75) is 20.0 Å². The van der Waals surface area contributed by atoms with E-state index in [1.807, 2.05) is 36.4 Å². The molecule has 0 fully saturated rings. The van der Waals surface area contributed by atoms with Gasteiger partial charge in [-0.3, -0.25) is 9.89 Å². The Kier molecular flexibility index (Phi) is 4.64. The molecule has 27 heavy (non-hydrogen) atoms. The Balaban J connectivity index is 1.56. The first-order chi connectivity index (χ1) is 13.2. The quantitative estimate of drug-likeness (QED) is 0.549. The molecule has 0 aliphatic heterocycles. The van der Waals surface area contributed by atoms with Crippen LogP contribution in [0.1, 0.15) is 23.1 Å². The topological polar surface area (TPSA) is 75.6 Å². The van der Waals surface area contributed by atoms with Crippen LogP contribution >= 0.6 is 11.6 Å². The highest BCUT2D eigenvalue weighted by atomic mass is 35.5. The number of aromatic amines is 1. The molecule has 0 saturated heterocycles. The standard InChI is InChI=1S/C20H18ClN5O/c1-2-26-17-6-4-3-5-16(17)24-18(26)12-22-20(27)15-11-23-25-19(15)13-7-9-14(21)10-8-13/h3-11H,2,12H2,1H3,(H,22,27)(H,23,25). The van der Waals surface area contributed by atoms with E-state index in [0.29, 0.717) is 22.8 Å². The zero-order valence-corrected chi connectivity index (χ0v) is 15.5. The first-order valence-electron chi connectivity index (χ1n) is 8.69. The molecule has 7 heteroatoms. The fraction of sp³-hybridized carbons (Fsp3) is 0.150. The maximum atomic E-state index is 12.7. The minimum atomic E-state index is -0.205. The number of fused-ring (bicyclic) bond motifs is 1. The Morgan fingerprint density at radius 2 is 1.96 bits per heavy atom. The van der Waals surface area contributed by atoms with Gasteiger partial charge in [0.05, 0.1) is 35.0 Å². The molecule has 0 spiro atoms. The number of hydrogen-bond acceptors (Lipinski definition) is 3. The average Bonchev–Trinajstić information content (AvgIpc) is 3.31. The van der Waals surface area contributed by atoms with E-state index in [1.165, 1.54) is 6.20 Å². The van der Waals surface area contributed by atoms with E-state index in [9.17, 15) is 4.79 Å². The third-order valence-corrected chi connectivity index (χ3v) is 4.73. The largest absolute Gasteiger partial charge is 0.345 e. The summed E-state index contributed by atoms with van der Waals surface area (Å²) in [4.78, 5) is 17.4. The number of carbonyl (C=O) groups excluding carboxylic acids is 1. The van der Waals surface area contributed by atoms with E-state index in [1.54, 1.807) is 12.1 Å². The summed E-state index contributed by atoms with van der Waals surface area (Å²) in [5.41, 5.74) is 3.98. The molecule has 0 aliphatic rings. The Morgan fingerprint density at radius 3 is 2.74 bits per heavy atom. The third-order valence-electron chi connectivity index (χ3n) is 4.47. The molecule has 1 amide bonds. The molecule has 0 unspecified atom stereocenters. The summed E-state index contributed by atoms with van der Waals surface area (Å²) in [5, 5.41) is 10.5. The second kappa shape index (κ2) is 7.25. The van der Waals surface area contributed by atoms with Gasteiger partial charge in [-0.15, -0.1) is 0 Å². The van der Waals surface area contributed by atoms with Crippen molar-refractivity contribution in [1.82, 2.24) is 25.1 Å². The van der Waals surface area contributed by atoms with Crippen molar-refractivity contribution in [3.05, 3.63) is 71.1 Å². The van der Waals surface area contributed by atoms with E-state index >= 15 is 0 Å². The molecular formula is C20H18ClN5O. The van der Waals surface area contributed by atoms with Crippen LogP contribution in [0.2, 0.25) is 5.02 Å². The first kappa shape index (κ1) is 17.3. The van der Waals surface area contributed by atoms with Crippen LogP contribution in [-0.4, -0.2) is 25.7 Å². The molecule has 2 N–H and O–H groups in total. The Bertz CT molecular complexity index is 1100. The van der Waals surface area contributed by atoms with Crippen LogP contribution in [0.25, 0.3) is 22.3 Å². The molecule has 0 radical (unpaired) electrons. The molecule has 4 rings (SSSR count). The summed E-state index contributed by atoms with van der Waals surface area (Å²) in [6, 6.07) is 15.2. The number of aromatic nitrogens is 4. The summed E-state index contributed by atoms with van der Waals surface area (Å²) in [7, 11) is 0. The smallest absolute Gasteiger partial charge is 0.255 e. The molecule has 0 saturated carbocycles. The van der Waals surface area contributed by atoms with Gasteiger partial charge in [0, 0.05) is 17.1 Å². The van der Waals surface area contributed by atoms with Gasteiger partial charge in [-0.1, -0.05) is 35.9 Å². The number of rotatable bonds is 5. The van der Waals surface area contributed by atoms with Crippen molar-refractivity contribution in [3.8, 4) is 11.3 Å². The van der Waals surface area contributed by atoms with Crippen molar-refractivity contribution in [2.75, 3.05) is 0 Å². The van der Waals surface area contributed by atoms with Crippen molar-refractivity contribution in [2.24, 2.45) is 0 Å². The zero-order chi connectivity index (χ0) is 18.8. The van der Waals surface area contributed by atoms with Crippen molar-refractivity contribution < 1.29 is 4.79 Å². The Labute approximate surface area is 161 Å². The number of nitrogens with zero attached hydrogens (tertiary/aromatic N) is 3. The first-order valence-corrected chi connectivity index (χ1v) is 9.07. The molecule has 2 heterocycles. The van der Waals surface area contributed by atoms with E-state index in [0.717, 1.165) is 29.0 Å². The van der Waals surface area contributed by atoms with Gasteiger partial charge in [-0.2, -0.15) is 5.10 Å². The molecule has 2 aromatic carbocycles. The molecule has 2 aromatic heterocycles. The number of amides is 1. The van der Waals surface area contributed by atoms with Crippen LogP contribution in [0.15, 0.2) is 54.7 Å². The normalized spacial score (nSPS) is 11.0. The molecule has 0 aliphatic carbocycles. The highest BCUT2D eigenvalue weighted by Crippen LogP contribution is 2.23. The lowest BCUT2D eigenvalue weighted by Crippen LogP contribution is -2.24. The number of halogens is 1. The van der Waals surface area contributed by atoms with E-state index in [4.69, 9.17) is 11.6 Å². The van der Waals surface area contributed by atoms with Gasteiger partial charge in [-0.05, 0) is 31.2 Å². The van der Waals surface area contributed by atoms with Crippen LogP contribution in [0.5, 0.6) is 0 Å². The van der Waals surface area contributed by atoms with Gasteiger partial charge in [0.1, 0.15) is 5.82 Å². The summed E-state index contributed by atoms with van der Waals surface area (Å²) in [6.45, 7) is 3.19. The summed E-state index contributed by atoms with van der Waals surface area (Å²) < 4.78 is 2.10. The molecular weight excluding hydrogens is 362 g/mol. The van der Waals surface area contributed by atoms with E-state index < -0.39 is 0 Å². The van der Waals surface area contributed by atoms with Gasteiger partial charge in [0.25, 0.3) is 5.91 Å². The van der Waals surface area contributed by atoms with E-state index in [-0.39, 0.29) is 5.91 Å². The predicted octanol–water partition coefficient (Wildman–Crippen LogP) is 4.03. The monoisotopic (exact) mass is 379 g/mol. The van der Waals surface area contributed by atoms with Crippen LogP contribution in [-0.2, 0) is 13.1 Å². The van der Waals surface area contributed by atoms with Crippen molar-refractivity contribution in [3.63, 3.8) is 0 Å². The van der Waals surface area contributed by atoms with Crippen LogP contribution in [0.3, 0.4) is 0 Å². The molecule has 0 bridgehead atoms. The predicted molar refractivity (Wildman–Crippen MR) is 106 cm³/mol. The number of para-hydroxylation sites is 2. The van der Waals surface area contributed by atoms with Gasteiger partial charge < -0.3 is 9.88 Å². The fourth-order valence-corrected chi connectivity index (χ4v) is 3.29. The zero-order valence-electron chi connectivity index (χ0n) is 14.7. The summed E-state index contributed by atoms with van der Waals surface area (Å²) in [6.07, 6.45) is 1.53. The molecule has 136 valence electrons. The molecule has 6 nitrogen and oxygen atoms in total. The number of benzene rings is 2. The third kappa shape index (κ3) is 3.31. The summed E-state index contributed by atoms with van der Waals surface area (Å²) >= 11 is 5.94. The van der Waals surface area contributed by atoms with E-state index in [2.05, 4.69) is 32.0 Å². The van der Waals surface area contributed by atoms with Crippen LogP contribution in [0, 0.1) is 0 Å². The average molecular weight is 380 g/mol. The maximum Gasteiger partial charge on any atom is 0.255 e. The number of carbonyl (C=O) groups is 1. The lowest BCUT2D eigenvalue weighted by Gasteiger charge is -2.08. The highest BCUT2D eigenvalue weighted by molar-refractivity contribution is 6.30. The van der Waals surface area contributed by atoms with Crippen molar-refractivity contribution in [1.29, 1.82) is 0 Å². The minimum absolute atomic E-state index is 0.205. The lowest BCUT2D eigenvalue weighted by molar-refractivity contribution is 0.0950. The maximum absolute atomic E-state index is 12.7. The highest BCUT2D eigenvalue weighted by Gasteiger charge is 2.16. The van der Waals surface area contributed by atoms with Gasteiger partial charge in [0.15, 0.2) is 0 Å². The van der Waals surface area contributed by atoms with Gasteiger partial charge in [0.2, 0.25) is 0 Å². The molecule has 0 atom stereocenters. The SMILES string of the molecule is CCn1c(CNC(=O)c2cn[nH]c2-c2ccc(Cl)cc2)nc2ccccc21. The second-order valence-corrected chi connectivity index (χ2v) is 6.55. The Hall–Kier alpha value is -3.12. The van der Waals surface area contributed by atoms with Crippen LogP contribution in [0.4, 0.5) is 0 Å². The molecule has 4 aromatic rings. The Morgan fingerprint density at radius 1 is 1.19 bits per heavy atom. The minimum Gasteiger partial charge on any atom is -0.345 e.